The van der Waals surface area contributed by atoms with Crippen LogP contribution < -0.4 is 18.9 Å². The standard InChI is InChI=1S/C27H42N2O8.C27H44N2O7/c1-18(2)29(25(32)19-9-12-22(35-7)23(15-19)36-14-8-13-34-6)21-11-10-20(16-24(30)31)28(17-21)26(33)37-27(3,4)5;1-19(2)29(22-11-10-21(13-14-30)28(18-22)26(32)36-27(3,4)5)25(31)20-9-12-23(34-7)24(17-20)35-16-8-15-33-6/h9,12,15,18,20-21H,8,10-11,13-14,16-17H2,1-7H3,(H,30,31);9,12,17,19,21-22,30H,8,10-11,13-16,18H2,1-7H3/t20-,21?;21-,22?/m11/s1. The molecular formula is C54H86N4O15. The zero-order chi connectivity index (χ0) is 54.6. The minimum Gasteiger partial charge on any atom is -0.493 e. The van der Waals surface area contributed by atoms with Gasteiger partial charge in [0.15, 0.2) is 23.0 Å². The largest absolute Gasteiger partial charge is 0.493 e. The van der Waals surface area contributed by atoms with Gasteiger partial charge in [0.2, 0.25) is 0 Å². The van der Waals surface area contributed by atoms with Crippen LogP contribution in [0.5, 0.6) is 23.0 Å². The van der Waals surface area contributed by atoms with Gasteiger partial charge in [-0.3, -0.25) is 14.4 Å². The summed E-state index contributed by atoms with van der Waals surface area (Å²) in [6, 6.07) is 8.88. The van der Waals surface area contributed by atoms with E-state index in [2.05, 4.69) is 0 Å². The number of carbonyl (C=O) groups excluding carboxylic acids is 4. The fourth-order valence-corrected chi connectivity index (χ4v) is 8.98. The number of carboxylic acids is 1. The SMILES string of the molecule is COCCCOc1cc(C(=O)N(C(C)C)C2CC[C@H](CC(=O)O)N(C(=O)OC(C)(C)C)C2)ccc1OC.COCCCOc1cc(C(=O)N(C(C)C)C2CC[C@H](CCO)N(C(=O)OC(C)(C)C)C2)ccc1OC. The Hall–Kier alpha value is -5.53. The summed E-state index contributed by atoms with van der Waals surface area (Å²) in [5.74, 6) is 0.731. The van der Waals surface area contributed by atoms with Crippen molar-refractivity contribution in [3.8, 4) is 23.0 Å². The highest BCUT2D eigenvalue weighted by atomic mass is 16.6. The third-order valence-corrected chi connectivity index (χ3v) is 12.2. The highest BCUT2D eigenvalue weighted by Gasteiger charge is 2.41. The number of piperidine rings is 2. The number of benzene rings is 2. The number of carboxylic acid groups (broad SMARTS) is 1. The molecule has 2 saturated heterocycles. The Morgan fingerprint density at radius 2 is 1.00 bits per heavy atom. The number of hydrogen-bond acceptors (Lipinski definition) is 14. The lowest BCUT2D eigenvalue weighted by atomic mass is 9.94. The number of nitrogens with zero attached hydrogens (tertiary/aromatic N) is 4. The van der Waals surface area contributed by atoms with Crippen LogP contribution in [0.25, 0.3) is 0 Å². The molecule has 19 heteroatoms. The summed E-state index contributed by atoms with van der Waals surface area (Å²) in [6.45, 7) is 21.1. The van der Waals surface area contributed by atoms with Crippen molar-refractivity contribution >= 4 is 30.0 Å². The van der Waals surface area contributed by atoms with Crippen LogP contribution in [-0.4, -0.2) is 182 Å². The van der Waals surface area contributed by atoms with Crippen molar-refractivity contribution in [1.29, 1.82) is 0 Å². The minimum absolute atomic E-state index is 0.0134. The number of likely N-dealkylation sites (tertiary alicyclic amines) is 2. The number of aliphatic hydroxyl groups excluding tert-OH is 1. The van der Waals surface area contributed by atoms with E-state index in [4.69, 9.17) is 37.9 Å². The van der Waals surface area contributed by atoms with Gasteiger partial charge >= 0.3 is 18.2 Å². The molecule has 0 spiro atoms. The van der Waals surface area contributed by atoms with Crippen molar-refractivity contribution in [1.82, 2.24) is 19.6 Å². The Morgan fingerprint density at radius 3 is 1.34 bits per heavy atom. The highest BCUT2D eigenvalue weighted by Crippen LogP contribution is 2.34. The molecule has 2 N–H and O–H groups in total. The van der Waals surface area contributed by atoms with Crippen LogP contribution in [0.2, 0.25) is 0 Å². The van der Waals surface area contributed by atoms with E-state index < -0.39 is 35.4 Å². The number of aliphatic hydroxyl groups is 1. The summed E-state index contributed by atoms with van der Waals surface area (Å²) in [5, 5.41) is 18.9. The number of methoxy groups -OCH3 is 4. The van der Waals surface area contributed by atoms with E-state index in [0.29, 0.717) is 106 Å². The molecule has 0 aliphatic carbocycles. The molecule has 19 nitrogen and oxygen atoms in total. The fourth-order valence-electron chi connectivity index (χ4n) is 8.98. The van der Waals surface area contributed by atoms with E-state index in [-0.39, 0.29) is 61.6 Å². The summed E-state index contributed by atoms with van der Waals surface area (Å²) in [6.07, 6.45) is 3.13. The average molecular weight is 1030 g/mol. The van der Waals surface area contributed by atoms with Crippen LogP contribution in [0.3, 0.4) is 0 Å². The van der Waals surface area contributed by atoms with Crippen molar-refractivity contribution in [3.63, 3.8) is 0 Å². The molecule has 4 amide bonds. The number of hydrogen-bond donors (Lipinski definition) is 2. The van der Waals surface area contributed by atoms with Gasteiger partial charge in [-0.25, -0.2) is 9.59 Å². The first-order chi connectivity index (χ1) is 34.4. The predicted octanol–water partition coefficient (Wildman–Crippen LogP) is 8.32. The van der Waals surface area contributed by atoms with Crippen LogP contribution in [0.1, 0.15) is 141 Å². The molecular weight excluding hydrogens is 945 g/mol. The molecule has 0 saturated carbocycles. The van der Waals surface area contributed by atoms with Crippen LogP contribution in [0, 0.1) is 0 Å². The molecule has 412 valence electrons. The summed E-state index contributed by atoms with van der Waals surface area (Å²) >= 11 is 0. The van der Waals surface area contributed by atoms with E-state index in [1.807, 2.05) is 53.4 Å². The smallest absolute Gasteiger partial charge is 0.410 e. The van der Waals surface area contributed by atoms with Crippen molar-refractivity contribution in [2.75, 3.05) is 74.6 Å². The molecule has 2 aromatic rings. The lowest BCUT2D eigenvalue weighted by Gasteiger charge is -2.45. The van der Waals surface area contributed by atoms with Crippen LogP contribution in [0.15, 0.2) is 36.4 Å². The second-order valence-corrected chi connectivity index (χ2v) is 20.9. The van der Waals surface area contributed by atoms with E-state index in [1.54, 1.807) is 95.4 Å². The van der Waals surface area contributed by atoms with Crippen molar-refractivity contribution in [3.05, 3.63) is 47.5 Å². The monoisotopic (exact) mass is 1030 g/mol. The second-order valence-electron chi connectivity index (χ2n) is 20.9. The number of amides is 4. The van der Waals surface area contributed by atoms with Gasteiger partial charge in [0.1, 0.15) is 11.2 Å². The Morgan fingerprint density at radius 1 is 0.603 bits per heavy atom. The summed E-state index contributed by atoms with van der Waals surface area (Å²) < 4.78 is 43.9. The first kappa shape index (κ1) is 61.8. The molecule has 2 heterocycles. The zero-order valence-corrected chi connectivity index (χ0v) is 46.0. The summed E-state index contributed by atoms with van der Waals surface area (Å²) in [5.41, 5.74) is -0.432. The van der Waals surface area contributed by atoms with Gasteiger partial charge in [-0.15, -0.1) is 0 Å². The zero-order valence-electron chi connectivity index (χ0n) is 46.0. The molecule has 2 fully saturated rings. The van der Waals surface area contributed by atoms with Crippen LogP contribution in [-0.2, 0) is 23.7 Å². The Balaban J connectivity index is 0.000000385. The summed E-state index contributed by atoms with van der Waals surface area (Å²) in [7, 11) is 6.37. The molecule has 2 aromatic carbocycles. The Labute approximate surface area is 433 Å². The molecule has 2 unspecified atom stereocenters. The molecule has 4 atom stereocenters. The maximum absolute atomic E-state index is 13.8. The molecule has 0 radical (unpaired) electrons. The van der Waals surface area contributed by atoms with Gasteiger partial charge < -0.3 is 67.7 Å². The van der Waals surface area contributed by atoms with Gasteiger partial charge in [-0.1, -0.05) is 0 Å². The topological polar surface area (TPSA) is 213 Å². The fraction of sp³-hybridized carbons (Fsp3) is 0.685. The van der Waals surface area contributed by atoms with Gasteiger partial charge in [0, 0.05) is 95.3 Å². The minimum atomic E-state index is -0.981. The maximum atomic E-state index is 13.8. The van der Waals surface area contributed by atoms with Crippen LogP contribution >= 0.6 is 0 Å². The second kappa shape index (κ2) is 29.4. The number of aliphatic carboxylic acids is 1. The lowest BCUT2D eigenvalue weighted by molar-refractivity contribution is -0.138. The van der Waals surface area contributed by atoms with Gasteiger partial charge in [0.05, 0.1) is 45.9 Å². The van der Waals surface area contributed by atoms with Gasteiger partial charge in [-0.2, -0.15) is 0 Å². The number of ether oxygens (including phenoxy) is 8. The van der Waals surface area contributed by atoms with Crippen LogP contribution in [0.4, 0.5) is 9.59 Å². The molecule has 73 heavy (non-hydrogen) atoms. The van der Waals surface area contributed by atoms with Crippen molar-refractivity contribution in [2.45, 2.75) is 168 Å². The van der Waals surface area contributed by atoms with E-state index in [9.17, 15) is 34.2 Å². The van der Waals surface area contributed by atoms with E-state index in [0.717, 1.165) is 6.42 Å². The first-order valence-electron chi connectivity index (χ1n) is 25.5. The highest BCUT2D eigenvalue weighted by molar-refractivity contribution is 5.96. The molecule has 2 aliphatic heterocycles. The van der Waals surface area contributed by atoms with Gasteiger partial charge in [-0.05, 0) is 138 Å². The van der Waals surface area contributed by atoms with Crippen molar-refractivity contribution in [2.24, 2.45) is 0 Å². The van der Waals surface area contributed by atoms with Gasteiger partial charge in [0.25, 0.3) is 11.8 Å². The third kappa shape index (κ3) is 19.4. The molecule has 2 aliphatic rings. The number of rotatable bonds is 22. The molecule has 0 bridgehead atoms. The Bertz CT molecular complexity index is 2070. The van der Waals surface area contributed by atoms with Crippen molar-refractivity contribution < 1.29 is 72.1 Å². The van der Waals surface area contributed by atoms with E-state index >= 15 is 0 Å². The number of carbonyl (C=O) groups is 5. The lowest BCUT2D eigenvalue weighted by Crippen LogP contribution is -2.57. The normalized spacial score (nSPS) is 18.0. The molecule has 0 aromatic heterocycles. The summed E-state index contributed by atoms with van der Waals surface area (Å²) in [4.78, 5) is 71.7. The molecule has 4 rings (SSSR count). The maximum Gasteiger partial charge on any atom is 0.410 e. The quantitative estimate of drug-likeness (QED) is 0.106. The Kier molecular flexibility index (Phi) is 24.9. The van der Waals surface area contributed by atoms with E-state index in [1.165, 1.54) is 4.90 Å². The third-order valence-electron chi connectivity index (χ3n) is 12.2. The predicted molar refractivity (Wildman–Crippen MR) is 276 cm³/mol. The average Bonchev–Trinajstić information content (AvgIpc) is 3.31. The first-order valence-corrected chi connectivity index (χ1v) is 25.5.